The molecule has 15 heavy (non-hydrogen) atoms. The van der Waals surface area contributed by atoms with Crippen LogP contribution in [0.1, 0.15) is 34.1 Å². The molecule has 86 valence electrons. The van der Waals surface area contributed by atoms with E-state index < -0.39 is 17.7 Å². The van der Waals surface area contributed by atoms with Gasteiger partial charge in [0.25, 0.3) is 0 Å². The number of amides is 1. The number of nitrogens with one attached hydrogen (secondary N) is 1. The Balaban J connectivity index is 4.23. The Morgan fingerprint density at radius 2 is 2.00 bits per heavy atom. The SMILES string of the molecule is C=CC[C@H](NC(=O)OC(C)(C)C)C(C)=O. The normalized spacial score (nSPS) is 12.8. The number of carbonyl (C=O) groups is 2. The predicted octanol–water partition coefficient (Wildman–Crippen LogP) is 2.04. The van der Waals surface area contributed by atoms with Gasteiger partial charge in [-0.2, -0.15) is 0 Å². The van der Waals surface area contributed by atoms with Crippen LogP contribution in [0.2, 0.25) is 0 Å². The third-order valence-corrected chi connectivity index (χ3v) is 1.58. The molecule has 0 aromatic carbocycles. The molecule has 4 heteroatoms. The van der Waals surface area contributed by atoms with Crippen LogP contribution >= 0.6 is 0 Å². The maximum Gasteiger partial charge on any atom is 0.408 e. The minimum absolute atomic E-state index is 0.110. The van der Waals surface area contributed by atoms with Crippen molar-refractivity contribution >= 4 is 11.9 Å². The molecule has 0 fully saturated rings. The lowest BCUT2D eigenvalue weighted by Gasteiger charge is -2.22. The van der Waals surface area contributed by atoms with E-state index in [1.165, 1.54) is 6.92 Å². The molecule has 0 aromatic heterocycles. The maximum atomic E-state index is 11.3. The van der Waals surface area contributed by atoms with Gasteiger partial charge in [-0.15, -0.1) is 6.58 Å². The van der Waals surface area contributed by atoms with Gasteiger partial charge in [-0.25, -0.2) is 4.79 Å². The van der Waals surface area contributed by atoms with Crippen LogP contribution in [-0.2, 0) is 9.53 Å². The van der Waals surface area contributed by atoms with Crippen LogP contribution in [-0.4, -0.2) is 23.5 Å². The fourth-order valence-corrected chi connectivity index (χ4v) is 0.943. The summed E-state index contributed by atoms with van der Waals surface area (Å²) >= 11 is 0. The second-order valence-corrected chi connectivity index (χ2v) is 4.33. The highest BCUT2D eigenvalue weighted by Gasteiger charge is 2.20. The van der Waals surface area contributed by atoms with E-state index in [9.17, 15) is 9.59 Å². The molecule has 0 saturated heterocycles. The lowest BCUT2D eigenvalue weighted by atomic mass is 10.1. The van der Waals surface area contributed by atoms with E-state index in [2.05, 4.69) is 11.9 Å². The van der Waals surface area contributed by atoms with Gasteiger partial charge in [0.15, 0.2) is 5.78 Å². The minimum Gasteiger partial charge on any atom is -0.444 e. The van der Waals surface area contributed by atoms with E-state index >= 15 is 0 Å². The molecule has 0 heterocycles. The summed E-state index contributed by atoms with van der Waals surface area (Å²) in [5.41, 5.74) is -0.556. The first-order valence-electron chi connectivity index (χ1n) is 4.87. The molecule has 0 spiro atoms. The lowest BCUT2D eigenvalue weighted by Crippen LogP contribution is -2.42. The van der Waals surface area contributed by atoms with Crippen LogP contribution in [0.25, 0.3) is 0 Å². The summed E-state index contributed by atoms with van der Waals surface area (Å²) in [6, 6.07) is -0.544. The maximum absolute atomic E-state index is 11.3. The Hall–Kier alpha value is -1.32. The smallest absolute Gasteiger partial charge is 0.408 e. The first-order valence-corrected chi connectivity index (χ1v) is 4.87. The zero-order chi connectivity index (χ0) is 12.1. The number of ether oxygens (including phenoxy) is 1. The zero-order valence-electron chi connectivity index (χ0n) is 9.79. The average molecular weight is 213 g/mol. The highest BCUT2D eigenvalue weighted by Crippen LogP contribution is 2.07. The van der Waals surface area contributed by atoms with Gasteiger partial charge >= 0.3 is 6.09 Å². The Labute approximate surface area is 90.7 Å². The topological polar surface area (TPSA) is 55.4 Å². The van der Waals surface area contributed by atoms with Crippen molar-refractivity contribution in [2.24, 2.45) is 0 Å². The molecule has 0 aromatic rings. The molecule has 0 bridgehead atoms. The highest BCUT2D eigenvalue weighted by molar-refractivity contribution is 5.85. The second-order valence-electron chi connectivity index (χ2n) is 4.33. The quantitative estimate of drug-likeness (QED) is 0.727. The molecule has 0 radical (unpaired) electrons. The molecule has 0 aliphatic carbocycles. The standard InChI is InChI=1S/C11H19NO3/c1-6-7-9(8(2)13)12-10(14)15-11(3,4)5/h6,9H,1,7H2,2-5H3,(H,12,14)/t9-/m0/s1. The Morgan fingerprint density at radius 3 is 2.33 bits per heavy atom. The molecule has 1 atom stereocenters. The molecule has 0 unspecified atom stereocenters. The molecule has 0 aliphatic rings. The number of carbonyl (C=O) groups excluding carboxylic acids is 2. The monoisotopic (exact) mass is 213 g/mol. The van der Waals surface area contributed by atoms with Crippen LogP contribution in [0, 0.1) is 0 Å². The van der Waals surface area contributed by atoms with Crippen molar-refractivity contribution in [3.63, 3.8) is 0 Å². The Bertz CT molecular complexity index is 253. The average Bonchev–Trinajstić information content (AvgIpc) is 1.99. The van der Waals surface area contributed by atoms with Gasteiger partial charge < -0.3 is 10.1 Å². The second kappa shape index (κ2) is 5.53. The van der Waals surface area contributed by atoms with Crippen molar-refractivity contribution in [1.29, 1.82) is 0 Å². The third kappa shape index (κ3) is 6.71. The van der Waals surface area contributed by atoms with Crippen LogP contribution in [0.4, 0.5) is 4.79 Å². The van der Waals surface area contributed by atoms with E-state index in [0.29, 0.717) is 6.42 Å². The molecule has 4 nitrogen and oxygen atoms in total. The van der Waals surface area contributed by atoms with Crippen LogP contribution < -0.4 is 5.32 Å². The number of ketones is 1. The molecular weight excluding hydrogens is 194 g/mol. The van der Waals surface area contributed by atoms with Crippen molar-refractivity contribution in [1.82, 2.24) is 5.32 Å². The van der Waals surface area contributed by atoms with E-state index in [1.807, 2.05) is 0 Å². The van der Waals surface area contributed by atoms with Gasteiger partial charge in [-0.05, 0) is 34.1 Å². The number of rotatable bonds is 4. The van der Waals surface area contributed by atoms with Crippen molar-refractivity contribution < 1.29 is 14.3 Å². The summed E-state index contributed by atoms with van der Waals surface area (Å²) in [5, 5.41) is 2.49. The fourth-order valence-electron chi connectivity index (χ4n) is 0.943. The zero-order valence-corrected chi connectivity index (χ0v) is 9.79. The van der Waals surface area contributed by atoms with E-state index in [1.54, 1.807) is 26.8 Å². The van der Waals surface area contributed by atoms with Gasteiger partial charge in [0.05, 0.1) is 6.04 Å². The number of hydrogen-bond acceptors (Lipinski definition) is 3. The van der Waals surface area contributed by atoms with Crippen molar-refractivity contribution in [3.05, 3.63) is 12.7 Å². The van der Waals surface area contributed by atoms with Gasteiger partial charge in [-0.1, -0.05) is 6.08 Å². The number of alkyl carbamates (subject to hydrolysis) is 1. The van der Waals surface area contributed by atoms with Crippen molar-refractivity contribution in [3.8, 4) is 0 Å². The highest BCUT2D eigenvalue weighted by atomic mass is 16.6. The molecule has 1 amide bonds. The molecular formula is C11H19NO3. The van der Waals surface area contributed by atoms with Gasteiger partial charge in [0.2, 0.25) is 0 Å². The summed E-state index contributed by atoms with van der Waals surface area (Å²) < 4.78 is 5.03. The van der Waals surface area contributed by atoms with Crippen molar-refractivity contribution in [2.45, 2.75) is 45.8 Å². The van der Waals surface area contributed by atoms with E-state index in [0.717, 1.165) is 0 Å². The summed E-state index contributed by atoms with van der Waals surface area (Å²) in [6.07, 6.45) is 1.42. The summed E-state index contributed by atoms with van der Waals surface area (Å²) in [5.74, 6) is -0.110. The molecule has 0 rings (SSSR count). The first kappa shape index (κ1) is 13.7. The summed E-state index contributed by atoms with van der Waals surface area (Å²) in [7, 11) is 0. The van der Waals surface area contributed by atoms with Crippen molar-refractivity contribution in [2.75, 3.05) is 0 Å². The van der Waals surface area contributed by atoms with E-state index in [-0.39, 0.29) is 5.78 Å². The molecule has 1 N–H and O–H groups in total. The van der Waals surface area contributed by atoms with E-state index in [4.69, 9.17) is 4.74 Å². The minimum atomic E-state index is -0.579. The molecule has 0 aliphatic heterocycles. The van der Waals surface area contributed by atoms with Crippen LogP contribution in [0.15, 0.2) is 12.7 Å². The predicted molar refractivity (Wildman–Crippen MR) is 58.7 cm³/mol. The Kier molecular flexibility index (Phi) is 5.05. The molecule has 0 saturated carbocycles. The van der Waals surface area contributed by atoms with Gasteiger partial charge in [-0.3, -0.25) is 4.79 Å². The van der Waals surface area contributed by atoms with Crippen LogP contribution in [0.5, 0.6) is 0 Å². The first-order chi connectivity index (χ1) is 6.76. The number of Topliss-reactive ketones (excluding diaryl/α,β-unsaturated/α-hetero) is 1. The largest absolute Gasteiger partial charge is 0.444 e. The number of hydrogen-bond donors (Lipinski definition) is 1. The summed E-state index contributed by atoms with van der Waals surface area (Å²) in [6.45, 7) is 10.2. The Morgan fingerprint density at radius 1 is 1.47 bits per heavy atom. The third-order valence-electron chi connectivity index (χ3n) is 1.58. The fraction of sp³-hybridized carbons (Fsp3) is 0.636. The lowest BCUT2D eigenvalue weighted by molar-refractivity contribution is -0.118. The van der Waals surface area contributed by atoms with Crippen LogP contribution in [0.3, 0.4) is 0 Å². The van der Waals surface area contributed by atoms with Gasteiger partial charge in [0, 0.05) is 0 Å². The van der Waals surface area contributed by atoms with Gasteiger partial charge in [0.1, 0.15) is 5.60 Å². The summed E-state index contributed by atoms with van der Waals surface area (Å²) in [4.78, 5) is 22.4.